The molecule has 0 aliphatic rings. The van der Waals surface area contributed by atoms with Gasteiger partial charge in [0.25, 0.3) is 0 Å². The summed E-state index contributed by atoms with van der Waals surface area (Å²) in [5.74, 6) is 0.823. The Morgan fingerprint density at radius 1 is 1.07 bits per heavy atom. The molecule has 4 nitrogen and oxygen atoms in total. The van der Waals surface area contributed by atoms with Gasteiger partial charge in [0.1, 0.15) is 6.61 Å². The lowest BCUT2D eigenvalue weighted by Gasteiger charge is -2.05. The Hall–Kier alpha value is -0.260. The molecular weight excluding hydrogens is 216 g/mol. The molecule has 0 saturated carbocycles. The number of hydrogen-bond donors (Lipinski definition) is 0. The molecule has 15 heavy (non-hydrogen) atoms. The summed E-state index contributed by atoms with van der Waals surface area (Å²) in [6, 6.07) is 0. The average molecular weight is 236 g/mol. The molecule has 0 atom stereocenters. The number of thioether (sulfide) groups is 1. The molecule has 0 fully saturated rings. The Morgan fingerprint density at radius 2 is 1.67 bits per heavy atom. The quantitative estimate of drug-likeness (QED) is 0.423. The highest BCUT2D eigenvalue weighted by molar-refractivity contribution is 7.98. The normalized spacial score (nSPS) is 10.3. The molecule has 0 aromatic heterocycles. The van der Waals surface area contributed by atoms with Gasteiger partial charge in [0.2, 0.25) is 0 Å². The van der Waals surface area contributed by atoms with Crippen molar-refractivity contribution in [2.45, 2.75) is 13.3 Å². The van der Waals surface area contributed by atoms with E-state index in [2.05, 4.69) is 0 Å². The SMILES string of the molecule is CCC(=O)OCCOCCOCCSC. The zero-order valence-electron chi connectivity index (χ0n) is 9.49. The second kappa shape index (κ2) is 11.8. The van der Waals surface area contributed by atoms with Gasteiger partial charge in [-0.05, 0) is 6.26 Å². The minimum absolute atomic E-state index is 0.185. The van der Waals surface area contributed by atoms with E-state index in [0.717, 1.165) is 12.4 Å². The summed E-state index contributed by atoms with van der Waals surface area (Å²) in [6.07, 6.45) is 2.46. The predicted molar refractivity (Wildman–Crippen MR) is 61.3 cm³/mol. The first kappa shape index (κ1) is 14.7. The van der Waals surface area contributed by atoms with Crippen LogP contribution >= 0.6 is 11.8 Å². The first-order valence-electron chi connectivity index (χ1n) is 5.11. The van der Waals surface area contributed by atoms with E-state index in [9.17, 15) is 4.79 Å². The number of ether oxygens (including phenoxy) is 3. The number of carbonyl (C=O) groups excluding carboxylic acids is 1. The van der Waals surface area contributed by atoms with Crippen LogP contribution in [0.3, 0.4) is 0 Å². The summed E-state index contributed by atoms with van der Waals surface area (Å²) in [7, 11) is 0. The first-order valence-corrected chi connectivity index (χ1v) is 6.50. The van der Waals surface area contributed by atoms with E-state index in [1.165, 1.54) is 0 Å². The summed E-state index contributed by atoms with van der Waals surface area (Å²) in [4.78, 5) is 10.7. The predicted octanol–water partition coefficient (Wildman–Crippen LogP) is 1.34. The van der Waals surface area contributed by atoms with Gasteiger partial charge in [-0.3, -0.25) is 4.79 Å². The Labute approximate surface area is 95.6 Å². The van der Waals surface area contributed by atoms with Gasteiger partial charge < -0.3 is 14.2 Å². The summed E-state index contributed by atoms with van der Waals surface area (Å²) in [6.45, 7) is 4.45. The van der Waals surface area contributed by atoms with E-state index in [0.29, 0.717) is 32.8 Å². The van der Waals surface area contributed by atoms with Gasteiger partial charge in [-0.2, -0.15) is 11.8 Å². The molecule has 0 spiro atoms. The highest BCUT2D eigenvalue weighted by Gasteiger charge is 1.96. The smallest absolute Gasteiger partial charge is 0.305 e. The third kappa shape index (κ3) is 11.7. The third-order valence-corrected chi connectivity index (χ3v) is 2.16. The van der Waals surface area contributed by atoms with Crippen molar-refractivity contribution in [1.82, 2.24) is 0 Å². The lowest BCUT2D eigenvalue weighted by atomic mass is 10.5. The maximum Gasteiger partial charge on any atom is 0.305 e. The molecule has 0 saturated heterocycles. The van der Waals surface area contributed by atoms with Crippen LogP contribution in [0.15, 0.2) is 0 Å². The highest BCUT2D eigenvalue weighted by atomic mass is 32.2. The van der Waals surface area contributed by atoms with E-state index >= 15 is 0 Å². The zero-order valence-corrected chi connectivity index (χ0v) is 10.3. The van der Waals surface area contributed by atoms with E-state index in [4.69, 9.17) is 14.2 Å². The molecule has 5 heteroatoms. The Morgan fingerprint density at radius 3 is 2.27 bits per heavy atom. The largest absolute Gasteiger partial charge is 0.463 e. The van der Waals surface area contributed by atoms with Crippen molar-refractivity contribution in [3.8, 4) is 0 Å². The second-order valence-corrected chi connectivity index (χ2v) is 3.78. The molecule has 0 N–H and O–H groups in total. The van der Waals surface area contributed by atoms with Gasteiger partial charge in [-0.15, -0.1) is 0 Å². The highest BCUT2D eigenvalue weighted by Crippen LogP contribution is 1.90. The number of hydrogen-bond acceptors (Lipinski definition) is 5. The minimum Gasteiger partial charge on any atom is -0.463 e. The summed E-state index contributed by atoms with van der Waals surface area (Å²) >= 11 is 1.76. The van der Waals surface area contributed by atoms with Crippen LogP contribution in [0.5, 0.6) is 0 Å². The van der Waals surface area contributed by atoms with Crippen molar-refractivity contribution in [1.29, 1.82) is 0 Å². The molecule has 0 amide bonds. The van der Waals surface area contributed by atoms with Crippen LogP contribution in [0, 0.1) is 0 Å². The molecule has 0 aromatic rings. The topological polar surface area (TPSA) is 44.8 Å². The maximum absolute atomic E-state index is 10.7. The van der Waals surface area contributed by atoms with Crippen LogP contribution in [-0.2, 0) is 19.0 Å². The van der Waals surface area contributed by atoms with Gasteiger partial charge >= 0.3 is 5.97 Å². The van der Waals surface area contributed by atoms with Gasteiger partial charge in [-0.1, -0.05) is 6.92 Å². The second-order valence-electron chi connectivity index (χ2n) is 2.79. The van der Waals surface area contributed by atoms with Gasteiger partial charge in [0.05, 0.1) is 26.4 Å². The van der Waals surface area contributed by atoms with Crippen molar-refractivity contribution in [2.75, 3.05) is 45.0 Å². The van der Waals surface area contributed by atoms with Crippen LogP contribution in [0.25, 0.3) is 0 Å². The molecule has 0 aliphatic heterocycles. The molecule has 0 aliphatic carbocycles. The van der Waals surface area contributed by atoms with Gasteiger partial charge in [-0.25, -0.2) is 0 Å². The molecule has 90 valence electrons. The fraction of sp³-hybridized carbons (Fsp3) is 0.900. The standard InChI is InChI=1S/C10H20O4S/c1-3-10(11)14-7-6-12-4-5-13-8-9-15-2/h3-9H2,1-2H3. The molecule has 0 heterocycles. The molecule has 0 bridgehead atoms. The Bertz CT molecular complexity index is 152. The molecule has 0 aromatic carbocycles. The van der Waals surface area contributed by atoms with E-state index in [-0.39, 0.29) is 5.97 Å². The van der Waals surface area contributed by atoms with E-state index < -0.39 is 0 Å². The molecule has 0 unspecified atom stereocenters. The fourth-order valence-corrected chi connectivity index (χ4v) is 1.07. The van der Waals surface area contributed by atoms with E-state index in [1.54, 1.807) is 18.7 Å². The van der Waals surface area contributed by atoms with Crippen LogP contribution in [0.1, 0.15) is 13.3 Å². The lowest BCUT2D eigenvalue weighted by Crippen LogP contribution is -2.12. The van der Waals surface area contributed by atoms with Gasteiger partial charge in [0, 0.05) is 12.2 Å². The van der Waals surface area contributed by atoms with Crippen molar-refractivity contribution in [2.24, 2.45) is 0 Å². The fourth-order valence-electron chi connectivity index (χ4n) is 0.781. The van der Waals surface area contributed by atoms with Crippen molar-refractivity contribution >= 4 is 17.7 Å². The Balaban J connectivity index is 2.95. The van der Waals surface area contributed by atoms with Crippen LogP contribution in [-0.4, -0.2) is 51.0 Å². The number of rotatable bonds is 10. The monoisotopic (exact) mass is 236 g/mol. The van der Waals surface area contributed by atoms with Crippen molar-refractivity contribution in [3.63, 3.8) is 0 Å². The van der Waals surface area contributed by atoms with Crippen molar-refractivity contribution < 1.29 is 19.0 Å². The number of carbonyl (C=O) groups is 1. The average Bonchev–Trinajstić information content (AvgIpc) is 2.26. The van der Waals surface area contributed by atoms with Crippen LogP contribution < -0.4 is 0 Å². The summed E-state index contributed by atoms with van der Waals surface area (Å²) < 4.78 is 15.3. The molecule has 0 radical (unpaired) electrons. The number of esters is 1. The maximum atomic E-state index is 10.7. The summed E-state index contributed by atoms with van der Waals surface area (Å²) in [5, 5.41) is 0. The summed E-state index contributed by atoms with van der Waals surface area (Å²) in [5.41, 5.74) is 0. The lowest BCUT2D eigenvalue weighted by molar-refractivity contribution is -0.144. The van der Waals surface area contributed by atoms with Gasteiger partial charge in [0.15, 0.2) is 0 Å². The Kier molecular flexibility index (Phi) is 11.6. The van der Waals surface area contributed by atoms with Crippen molar-refractivity contribution in [3.05, 3.63) is 0 Å². The molecule has 0 rings (SSSR count). The minimum atomic E-state index is -0.185. The first-order chi connectivity index (χ1) is 7.31. The third-order valence-electron chi connectivity index (χ3n) is 1.58. The van der Waals surface area contributed by atoms with Crippen LogP contribution in [0.4, 0.5) is 0 Å². The molecular formula is C10H20O4S. The van der Waals surface area contributed by atoms with E-state index in [1.807, 2.05) is 6.26 Å². The van der Waals surface area contributed by atoms with Crippen LogP contribution in [0.2, 0.25) is 0 Å². The zero-order chi connectivity index (χ0) is 11.4.